The summed E-state index contributed by atoms with van der Waals surface area (Å²) in [6, 6.07) is 6.15. The fourth-order valence-corrected chi connectivity index (χ4v) is 5.07. The predicted molar refractivity (Wildman–Crippen MR) is 91.0 cm³/mol. The number of hydrogen-bond acceptors (Lipinski definition) is 5. The van der Waals surface area contributed by atoms with Crippen molar-refractivity contribution in [1.29, 1.82) is 0 Å². The van der Waals surface area contributed by atoms with Gasteiger partial charge in [-0.15, -0.1) is 0 Å². The second-order valence-electron chi connectivity index (χ2n) is 6.09. The van der Waals surface area contributed by atoms with Gasteiger partial charge in [0.2, 0.25) is 0 Å². The Morgan fingerprint density at radius 3 is 2.76 bits per heavy atom. The van der Waals surface area contributed by atoms with E-state index in [0.29, 0.717) is 5.25 Å². The van der Waals surface area contributed by atoms with Crippen LogP contribution in [0.15, 0.2) is 24.4 Å². The number of pyridine rings is 1. The molecule has 2 unspecified atom stereocenters. The highest BCUT2D eigenvalue weighted by Crippen LogP contribution is 2.38. The van der Waals surface area contributed by atoms with Crippen LogP contribution in [0.1, 0.15) is 19.8 Å². The van der Waals surface area contributed by atoms with E-state index < -0.39 is 0 Å². The molecule has 2 fully saturated rings. The molecule has 2 atom stereocenters. The van der Waals surface area contributed by atoms with Crippen LogP contribution in [-0.4, -0.2) is 59.1 Å². The molecular weight excluding hydrogens is 280 g/mol. The van der Waals surface area contributed by atoms with Gasteiger partial charge in [-0.05, 0) is 30.7 Å². The van der Waals surface area contributed by atoms with Crippen LogP contribution in [0, 0.1) is 0 Å². The molecule has 1 aromatic rings. The first-order chi connectivity index (χ1) is 10.3. The molecule has 0 spiro atoms. The molecule has 0 bridgehead atoms. The average Bonchev–Trinajstić information content (AvgIpc) is 2.57. The highest BCUT2D eigenvalue weighted by molar-refractivity contribution is 8.00. The molecule has 0 aliphatic carbocycles. The molecule has 2 aliphatic heterocycles. The summed E-state index contributed by atoms with van der Waals surface area (Å²) in [5.41, 5.74) is 6.43. The van der Waals surface area contributed by atoms with Crippen molar-refractivity contribution in [1.82, 2.24) is 9.88 Å². The van der Waals surface area contributed by atoms with Crippen molar-refractivity contribution in [3.8, 4) is 0 Å². The van der Waals surface area contributed by atoms with Crippen LogP contribution >= 0.6 is 11.8 Å². The summed E-state index contributed by atoms with van der Waals surface area (Å²) < 4.78 is 0. The normalized spacial score (nSPS) is 31.3. The maximum absolute atomic E-state index is 6.22. The smallest absolute Gasteiger partial charge is 0.128 e. The third kappa shape index (κ3) is 2.91. The van der Waals surface area contributed by atoms with Crippen LogP contribution in [0.2, 0.25) is 0 Å². The minimum Gasteiger partial charge on any atom is -0.354 e. The third-order valence-corrected chi connectivity index (χ3v) is 6.58. The van der Waals surface area contributed by atoms with Gasteiger partial charge in [-0.1, -0.05) is 13.0 Å². The van der Waals surface area contributed by atoms with E-state index in [0.717, 1.165) is 38.5 Å². The maximum Gasteiger partial charge on any atom is 0.128 e. The Kier molecular flexibility index (Phi) is 4.72. The molecular formula is C16H26N4S. The first-order valence-corrected chi connectivity index (χ1v) is 9.04. The minimum atomic E-state index is 0.207. The maximum atomic E-state index is 6.22. The highest BCUT2D eigenvalue weighted by atomic mass is 32.2. The van der Waals surface area contributed by atoms with Gasteiger partial charge in [-0.25, -0.2) is 4.98 Å². The molecule has 0 saturated carbocycles. The lowest BCUT2D eigenvalue weighted by Gasteiger charge is -2.52. The average molecular weight is 306 g/mol. The summed E-state index contributed by atoms with van der Waals surface area (Å²) in [6.07, 6.45) is 4.43. The molecule has 2 N–H and O–H groups in total. The number of hydrogen-bond donors (Lipinski definition) is 1. The molecule has 0 amide bonds. The van der Waals surface area contributed by atoms with E-state index in [1.165, 1.54) is 18.6 Å². The van der Waals surface area contributed by atoms with Gasteiger partial charge in [0.05, 0.1) is 0 Å². The summed E-state index contributed by atoms with van der Waals surface area (Å²) in [6.45, 7) is 7.44. The van der Waals surface area contributed by atoms with Crippen molar-refractivity contribution in [2.45, 2.75) is 30.6 Å². The van der Waals surface area contributed by atoms with Crippen molar-refractivity contribution < 1.29 is 0 Å². The number of piperazine rings is 1. The zero-order valence-electron chi connectivity index (χ0n) is 12.9. The lowest BCUT2D eigenvalue weighted by Crippen LogP contribution is -2.65. The van der Waals surface area contributed by atoms with E-state index in [-0.39, 0.29) is 5.54 Å². The first-order valence-electron chi connectivity index (χ1n) is 7.99. The predicted octanol–water partition coefficient (Wildman–Crippen LogP) is 1.82. The summed E-state index contributed by atoms with van der Waals surface area (Å²) in [7, 11) is 0. The van der Waals surface area contributed by atoms with Crippen molar-refractivity contribution in [3.05, 3.63) is 24.4 Å². The number of anilines is 1. The topological polar surface area (TPSA) is 45.4 Å². The SMILES string of the molecule is CC1SCCCC1(CN)N1CCN(c2ccccn2)CC1. The van der Waals surface area contributed by atoms with Crippen molar-refractivity contribution >= 4 is 17.6 Å². The molecule has 21 heavy (non-hydrogen) atoms. The van der Waals surface area contributed by atoms with Crippen LogP contribution in [0.25, 0.3) is 0 Å². The van der Waals surface area contributed by atoms with Crippen LogP contribution in [0.4, 0.5) is 5.82 Å². The molecule has 116 valence electrons. The van der Waals surface area contributed by atoms with Crippen LogP contribution in [-0.2, 0) is 0 Å². The van der Waals surface area contributed by atoms with Gasteiger partial charge < -0.3 is 10.6 Å². The second kappa shape index (κ2) is 6.55. The fourth-order valence-electron chi connectivity index (χ4n) is 3.73. The van der Waals surface area contributed by atoms with Crippen LogP contribution in [0.3, 0.4) is 0 Å². The van der Waals surface area contributed by atoms with Crippen molar-refractivity contribution in [2.75, 3.05) is 43.4 Å². The zero-order valence-corrected chi connectivity index (χ0v) is 13.7. The first kappa shape index (κ1) is 15.1. The van der Waals surface area contributed by atoms with Crippen molar-refractivity contribution in [2.24, 2.45) is 5.73 Å². The monoisotopic (exact) mass is 306 g/mol. The minimum absolute atomic E-state index is 0.207. The zero-order chi connectivity index (χ0) is 14.7. The summed E-state index contributed by atoms with van der Waals surface area (Å²) in [5, 5.41) is 0.637. The second-order valence-corrected chi connectivity index (χ2v) is 7.53. The molecule has 1 aromatic heterocycles. The van der Waals surface area contributed by atoms with E-state index in [1.807, 2.05) is 12.3 Å². The van der Waals surface area contributed by atoms with Gasteiger partial charge in [0.15, 0.2) is 0 Å². The Morgan fingerprint density at radius 1 is 1.33 bits per heavy atom. The molecule has 3 rings (SSSR count). The Bertz CT molecular complexity index is 447. The van der Waals surface area contributed by atoms with Crippen molar-refractivity contribution in [3.63, 3.8) is 0 Å². The van der Waals surface area contributed by atoms with Crippen LogP contribution < -0.4 is 10.6 Å². The number of nitrogens with zero attached hydrogens (tertiary/aromatic N) is 3. The van der Waals surface area contributed by atoms with Gasteiger partial charge in [0, 0.05) is 49.7 Å². The molecule has 0 aromatic carbocycles. The molecule has 2 aliphatic rings. The lowest BCUT2D eigenvalue weighted by atomic mass is 9.87. The van der Waals surface area contributed by atoms with Gasteiger partial charge >= 0.3 is 0 Å². The molecule has 2 saturated heterocycles. The Morgan fingerprint density at radius 2 is 2.14 bits per heavy atom. The van der Waals surface area contributed by atoms with Gasteiger partial charge in [-0.3, -0.25) is 4.90 Å². The Balaban J connectivity index is 1.67. The Hall–Kier alpha value is -0.780. The largest absolute Gasteiger partial charge is 0.354 e. The Labute approximate surface area is 132 Å². The fraction of sp³-hybridized carbons (Fsp3) is 0.688. The molecule has 4 nitrogen and oxygen atoms in total. The van der Waals surface area contributed by atoms with Gasteiger partial charge in [0.25, 0.3) is 0 Å². The molecule has 3 heterocycles. The third-order valence-electron chi connectivity index (χ3n) is 5.11. The van der Waals surface area contributed by atoms with Crippen LogP contribution in [0.5, 0.6) is 0 Å². The summed E-state index contributed by atoms with van der Waals surface area (Å²) in [5.74, 6) is 2.39. The summed E-state index contributed by atoms with van der Waals surface area (Å²) in [4.78, 5) is 9.52. The standard InChI is InChI=1S/C16H26N4S/c1-14-16(13-17,6-4-12-21-14)20-10-8-19(9-11-20)15-5-2-3-7-18-15/h2-3,5,7,14H,4,6,8-13,17H2,1H3. The van der Waals surface area contributed by atoms with E-state index in [9.17, 15) is 0 Å². The number of aromatic nitrogens is 1. The van der Waals surface area contributed by atoms with Gasteiger partial charge in [-0.2, -0.15) is 11.8 Å². The van der Waals surface area contributed by atoms with E-state index in [2.05, 4.69) is 45.6 Å². The highest BCUT2D eigenvalue weighted by Gasteiger charge is 2.43. The summed E-state index contributed by atoms with van der Waals surface area (Å²) >= 11 is 2.09. The molecule has 0 radical (unpaired) electrons. The van der Waals surface area contributed by atoms with E-state index in [4.69, 9.17) is 5.73 Å². The number of nitrogens with two attached hydrogens (primary N) is 1. The van der Waals surface area contributed by atoms with Gasteiger partial charge in [0.1, 0.15) is 5.82 Å². The molecule has 5 heteroatoms. The quantitative estimate of drug-likeness (QED) is 0.923. The number of rotatable bonds is 3. The van der Waals surface area contributed by atoms with E-state index in [1.54, 1.807) is 0 Å². The lowest BCUT2D eigenvalue weighted by molar-refractivity contribution is 0.0754. The number of thioether (sulfide) groups is 1. The van der Waals surface area contributed by atoms with E-state index >= 15 is 0 Å².